The number of rotatable bonds is 3. The average Bonchev–Trinajstić information content (AvgIpc) is 2.68. The van der Waals surface area contributed by atoms with Crippen LogP contribution in [0.1, 0.15) is 43.9 Å². The van der Waals surface area contributed by atoms with Gasteiger partial charge < -0.3 is 9.45 Å². The number of amides is 1. The molecule has 6 nitrogen and oxygen atoms in total. The van der Waals surface area contributed by atoms with Gasteiger partial charge in [0.05, 0.1) is 5.69 Å². The van der Waals surface area contributed by atoms with E-state index in [4.69, 9.17) is 0 Å². The first-order valence-corrected chi connectivity index (χ1v) is 7.38. The van der Waals surface area contributed by atoms with E-state index in [2.05, 4.69) is 9.50 Å². The van der Waals surface area contributed by atoms with Crippen LogP contribution in [0.25, 0.3) is 0 Å². The lowest BCUT2D eigenvalue weighted by Crippen LogP contribution is -2.27. The molecule has 0 bridgehead atoms. The van der Waals surface area contributed by atoms with Crippen LogP contribution in [0.5, 0.6) is 0 Å². The molecule has 0 saturated carbocycles. The summed E-state index contributed by atoms with van der Waals surface area (Å²) in [5.41, 5.74) is 1.64. The minimum absolute atomic E-state index is 0.170. The van der Waals surface area contributed by atoms with E-state index in [1.54, 1.807) is 38.8 Å². The van der Waals surface area contributed by atoms with Gasteiger partial charge in [-0.1, -0.05) is 4.40 Å². The van der Waals surface area contributed by atoms with Crippen LogP contribution in [0.4, 0.5) is 0 Å². The summed E-state index contributed by atoms with van der Waals surface area (Å²) in [4.78, 5) is 13.3. The molecule has 7 heteroatoms. The van der Waals surface area contributed by atoms with Gasteiger partial charge in [-0.25, -0.2) is 0 Å². The molecule has 1 amide bonds. The maximum absolute atomic E-state index is 12.0. The molecule has 1 heterocycles. The molecule has 20 heavy (non-hydrogen) atoms. The topological polar surface area (TPSA) is 73.6 Å². The van der Waals surface area contributed by atoms with Gasteiger partial charge in [-0.2, -0.15) is 5.10 Å². The third-order valence-electron chi connectivity index (χ3n) is 2.62. The molecule has 0 unspecified atom stereocenters. The van der Waals surface area contributed by atoms with Gasteiger partial charge in [-0.05, 0) is 33.8 Å². The number of hydrogen-bond acceptors (Lipinski definition) is 4. The van der Waals surface area contributed by atoms with E-state index in [0.29, 0.717) is 17.1 Å². The van der Waals surface area contributed by atoms with Crippen LogP contribution in [0.3, 0.4) is 0 Å². The second kappa shape index (κ2) is 5.97. The van der Waals surface area contributed by atoms with Crippen LogP contribution in [0, 0.1) is 0 Å². The fourth-order valence-corrected chi connectivity index (χ4v) is 2.06. The van der Waals surface area contributed by atoms with Crippen LogP contribution in [-0.2, 0) is 18.4 Å². The Morgan fingerprint density at radius 2 is 2.00 bits per heavy atom. The predicted molar refractivity (Wildman–Crippen MR) is 81.3 cm³/mol. The Labute approximate surface area is 123 Å². The molecular formula is C13H22N4O2S. The zero-order valence-corrected chi connectivity index (χ0v) is 13.9. The van der Waals surface area contributed by atoms with Crippen molar-refractivity contribution in [1.29, 1.82) is 0 Å². The Balaban J connectivity index is 3.09. The monoisotopic (exact) mass is 298 g/mol. The van der Waals surface area contributed by atoms with Gasteiger partial charge in [0.25, 0.3) is 5.91 Å². The Morgan fingerprint density at radius 1 is 1.45 bits per heavy atom. The molecule has 1 rings (SSSR count). The van der Waals surface area contributed by atoms with Crippen molar-refractivity contribution in [2.24, 2.45) is 11.4 Å². The Bertz CT molecular complexity index is 529. The molecular weight excluding hydrogens is 276 g/mol. The van der Waals surface area contributed by atoms with E-state index in [-0.39, 0.29) is 5.91 Å². The third kappa shape index (κ3) is 3.83. The molecule has 0 spiro atoms. The highest BCUT2D eigenvalue weighted by atomic mass is 32.2. The molecule has 1 aromatic rings. The third-order valence-corrected chi connectivity index (χ3v) is 4.11. The van der Waals surface area contributed by atoms with Gasteiger partial charge in [-0.3, -0.25) is 9.48 Å². The van der Waals surface area contributed by atoms with E-state index in [0.717, 1.165) is 0 Å². The van der Waals surface area contributed by atoms with Gasteiger partial charge in [0.15, 0.2) is 5.69 Å². The summed E-state index contributed by atoms with van der Waals surface area (Å²) in [5, 5.41) is 4.17. The lowest BCUT2D eigenvalue weighted by Gasteiger charge is -2.18. The van der Waals surface area contributed by atoms with E-state index in [9.17, 15) is 9.35 Å². The molecule has 1 aromatic heterocycles. The number of aryl methyl sites for hydroxylation is 1. The minimum Gasteiger partial charge on any atom is -0.591 e. The van der Waals surface area contributed by atoms with Crippen LogP contribution < -0.4 is 0 Å². The number of carbonyl (C=O) groups excluding carboxylic acids is 1. The fraction of sp³-hybridized carbons (Fsp3) is 0.615. The first kappa shape index (κ1) is 16.7. The summed E-state index contributed by atoms with van der Waals surface area (Å²) in [5.74, 6) is -0.170. The lowest BCUT2D eigenvalue weighted by atomic mass is 10.2. The Kier molecular flexibility index (Phi) is 4.99. The van der Waals surface area contributed by atoms with Crippen molar-refractivity contribution in [2.45, 2.75) is 32.4 Å². The highest BCUT2D eigenvalue weighted by Crippen LogP contribution is 2.18. The maximum atomic E-state index is 12.0. The van der Waals surface area contributed by atoms with Gasteiger partial charge >= 0.3 is 0 Å². The van der Waals surface area contributed by atoms with Gasteiger partial charge in [0, 0.05) is 21.1 Å². The Hall–Kier alpha value is -1.34. The van der Waals surface area contributed by atoms with Gasteiger partial charge in [0.1, 0.15) is 21.8 Å². The van der Waals surface area contributed by atoms with Crippen LogP contribution in [0.15, 0.2) is 10.5 Å². The molecule has 0 N–H and O–H groups in total. The normalized spacial score (nSPS) is 14.3. The predicted octanol–water partition coefficient (Wildman–Crippen LogP) is 1.39. The highest BCUT2D eigenvalue weighted by molar-refractivity contribution is 7.91. The standard InChI is InChI=1S/C13H22N4O2S/c1-9(15-20(19)13(2,3)4)11-8-10(14-17(11)7)12(18)16(5)6/h8H,1-7H3/b15-9+/t20-/m1/s1. The van der Waals surface area contributed by atoms with Gasteiger partial charge in [0.2, 0.25) is 0 Å². The smallest absolute Gasteiger partial charge is 0.273 e. The largest absolute Gasteiger partial charge is 0.591 e. The van der Waals surface area contributed by atoms with Crippen molar-refractivity contribution in [2.75, 3.05) is 14.1 Å². The molecule has 0 saturated heterocycles. The highest BCUT2D eigenvalue weighted by Gasteiger charge is 2.27. The first-order chi connectivity index (χ1) is 9.04. The van der Waals surface area contributed by atoms with Crippen LogP contribution >= 0.6 is 0 Å². The zero-order chi connectivity index (χ0) is 15.7. The lowest BCUT2D eigenvalue weighted by molar-refractivity contribution is 0.0821. The number of carbonyl (C=O) groups is 1. The number of aromatic nitrogens is 2. The molecule has 1 atom stereocenters. The van der Waals surface area contributed by atoms with Crippen molar-refractivity contribution in [3.63, 3.8) is 0 Å². The van der Waals surface area contributed by atoms with E-state index >= 15 is 0 Å². The zero-order valence-electron chi connectivity index (χ0n) is 13.1. The van der Waals surface area contributed by atoms with Crippen LogP contribution in [0.2, 0.25) is 0 Å². The SMILES string of the molecule is C/C(=N\[S@+]([O-])C(C)(C)C)c1cc(C(=O)N(C)C)nn1C. The van der Waals surface area contributed by atoms with E-state index in [1.807, 2.05) is 20.8 Å². The molecule has 0 fully saturated rings. The molecule has 0 aliphatic rings. The van der Waals surface area contributed by atoms with Crippen molar-refractivity contribution >= 4 is 23.0 Å². The molecule has 0 aliphatic heterocycles. The van der Waals surface area contributed by atoms with E-state index < -0.39 is 16.1 Å². The second-order valence-corrected chi connectivity index (χ2v) is 7.68. The summed E-state index contributed by atoms with van der Waals surface area (Å²) in [7, 11) is 5.08. The average molecular weight is 298 g/mol. The number of nitrogens with zero attached hydrogens (tertiary/aromatic N) is 4. The maximum Gasteiger partial charge on any atom is 0.273 e. The van der Waals surface area contributed by atoms with Crippen molar-refractivity contribution < 1.29 is 9.35 Å². The Morgan fingerprint density at radius 3 is 2.45 bits per heavy atom. The van der Waals surface area contributed by atoms with Crippen molar-refractivity contribution in [1.82, 2.24) is 14.7 Å². The second-order valence-electron chi connectivity index (χ2n) is 5.78. The molecule has 0 aliphatic carbocycles. The summed E-state index contributed by atoms with van der Waals surface area (Å²) >= 11 is -1.33. The quantitative estimate of drug-likeness (QED) is 0.625. The van der Waals surface area contributed by atoms with Crippen molar-refractivity contribution in [3.8, 4) is 0 Å². The molecule has 0 aromatic carbocycles. The summed E-state index contributed by atoms with van der Waals surface area (Å²) < 4.78 is 17.4. The minimum atomic E-state index is -1.33. The summed E-state index contributed by atoms with van der Waals surface area (Å²) in [6.45, 7) is 7.36. The number of hydrogen-bond donors (Lipinski definition) is 0. The van der Waals surface area contributed by atoms with Crippen LogP contribution in [-0.4, -0.2) is 49.7 Å². The van der Waals surface area contributed by atoms with E-state index in [1.165, 1.54) is 4.90 Å². The van der Waals surface area contributed by atoms with Crippen molar-refractivity contribution in [3.05, 3.63) is 17.5 Å². The fourth-order valence-electron chi connectivity index (χ4n) is 1.45. The first-order valence-electron chi connectivity index (χ1n) is 6.27. The summed E-state index contributed by atoms with van der Waals surface area (Å²) in [6.07, 6.45) is 0. The molecule has 0 radical (unpaired) electrons. The molecule has 112 valence electrons. The summed E-state index contributed by atoms with van der Waals surface area (Å²) in [6, 6.07) is 1.67. The van der Waals surface area contributed by atoms with Gasteiger partial charge in [-0.15, -0.1) is 0 Å².